The molecule has 0 radical (unpaired) electrons. The molecule has 2 rings (SSSR count). The second-order valence-electron chi connectivity index (χ2n) is 5.09. The Bertz CT molecular complexity index is 536. The van der Waals surface area contributed by atoms with E-state index in [9.17, 15) is 0 Å². The molecule has 0 amide bonds. The van der Waals surface area contributed by atoms with Crippen LogP contribution in [0.15, 0.2) is 36.7 Å². The summed E-state index contributed by atoms with van der Waals surface area (Å²) in [5.41, 5.74) is 2.71. The minimum Gasteiger partial charge on any atom is -0.310 e. The summed E-state index contributed by atoms with van der Waals surface area (Å²) in [6.07, 6.45) is 7.39. The van der Waals surface area contributed by atoms with Crippen LogP contribution < -0.4 is 5.32 Å². The Morgan fingerprint density at radius 3 is 2.80 bits per heavy atom. The third-order valence-electron chi connectivity index (χ3n) is 3.40. The summed E-state index contributed by atoms with van der Waals surface area (Å²) in [4.78, 5) is 0. The first kappa shape index (κ1) is 15.5. The molecular weight excluding hydrogens is 361 g/mol. The van der Waals surface area contributed by atoms with Crippen LogP contribution in [0.5, 0.6) is 0 Å². The van der Waals surface area contributed by atoms with Crippen molar-refractivity contribution in [1.82, 2.24) is 15.1 Å². The maximum absolute atomic E-state index is 4.24. The molecule has 0 aliphatic rings. The fourth-order valence-electron chi connectivity index (χ4n) is 2.36. The highest BCUT2D eigenvalue weighted by atomic mass is 127. The molecule has 0 spiro atoms. The van der Waals surface area contributed by atoms with E-state index >= 15 is 0 Å². The number of rotatable bonds is 7. The fraction of sp³-hybridized carbons (Fsp3) is 0.438. The van der Waals surface area contributed by atoms with E-state index in [1.54, 1.807) is 0 Å². The molecule has 20 heavy (non-hydrogen) atoms. The third-order valence-corrected chi connectivity index (χ3v) is 4.38. The Morgan fingerprint density at radius 1 is 1.35 bits per heavy atom. The summed E-state index contributed by atoms with van der Waals surface area (Å²) >= 11 is 2.43. The van der Waals surface area contributed by atoms with E-state index in [0.717, 1.165) is 25.8 Å². The highest BCUT2D eigenvalue weighted by Crippen LogP contribution is 2.24. The van der Waals surface area contributed by atoms with Crippen LogP contribution in [0, 0.1) is 3.57 Å². The van der Waals surface area contributed by atoms with Crippen molar-refractivity contribution in [3.05, 3.63) is 51.4 Å². The molecule has 1 aromatic heterocycles. The van der Waals surface area contributed by atoms with E-state index < -0.39 is 0 Å². The Labute approximate surface area is 134 Å². The summed E-state index contributed by atoms with van der Waals surface area (Å²) in [6, 6.07) is 9.06. The average Bonchev–Trinajstić information content (AvgIpc) is 2.86. The Kier molecular flexibility index (Phi) is 6.04. The molecule has 0 fully saturated rings. The lowest BCUT2D eigenvalue weighted by molar-refractivity contribution is 0.497. The summed E-state index contributed by atoms with van der Waals surface area (Å²) in [6.45, 7) is 3.27. The minimum atomic E-state index is 0.420. The van der Waals surface area contributed by atoms with Gasteiger partial charge in [0.05, 0.1) is 6.20 Å². The van der Waals surface area contributed by atoms with Crippen molar-refractivity contribution in [1.29, 1.82) is 0 Å². The molecule has 0 bridgehead atoms. The standard InChI is InChI=1S/C16H22IN3/c1-3-10-18-16(14-6-4-5-7-15(14)17)9-8-13-11-19-20(2)12-13/h4-7,11-12,16,18H,3,8-10H2,1-2H3. The van der Waals surface area contributed by atoms with Gasteiger partial charge in [0.25, 0.3) is 0 Å². The Morgan fingerprint density at radius 2 is 2.15 bits per heavy atom. The first-order valence-electron chi connectivity index (χ1n) is 7.16. The number of nitrogens with zero attached hydrogens (tertiary/aromatic N) is 2. The molecule has 1 atom stereocenters. The van der Waals surface area contributed by atoms with Crippen LogP contribution in [0.25, 0.3) is 0 Å². The number of aryl methyl sites for hydroxylation is 2. The molecule has 1 N–H and O–H groups in total. The monoisotopic (exact) mass is 383 g/mol. The molecular formula is C16H22IN3. The van der Waals surface area contributed by atoms with Crippen LogP contribution in [0.1, 0.15) is 36.9 Å². The highest BCUT2D eigenvalue weighted by molar-refractivity contribution is 14.1. The molecule has 0 aliphatic carbocycles. The second-order valence-corrected chi connectivity index (χ2v) is 6.25. The second kappa shape index (κ2) is 7.78. The zero-order chi connectivity index (χ0) is 14.4. The maximum atomic E-state index is 4.24. The summed E-state index contributed by atoms with van der Waals surface area (Å²) < 4.78 is 3.21. The normalized spacial score (nSPS) is 12.6. The van der Waals surface area contributed by atoms with E-state index in [1.807, 2.05) is 17.9 Å². The highest BCUT2D eigenvalue weighted by Gasteiger charge is 2.13. The predicted octanol–water partition coefficient (Wildman–Crippen LogP) is 3.70. The van der Waals surface area contributed by atoms with Crippen molar-refractivity contribution in [3.8, 4) is 0 Å². The zero-order valence-corrected chi connectivity index (χ0v) is 14.3. The molecule has 108 valence electrons. The minimum absolute atomic E-state index is 0.420. The Hall–Kier alpha value is -0.880. The van der Waals surface area contributed by atoms with Gasteiger partial charge in [-0.3, -0.25) is 4.68 Å². The van der Waals surface area contributed by atoms with Gasteiger partial charge in [0.2, 0.25) is 0 Å². The molecule has 1 aromatic carbocycles. The number of nitrogens with one attached hydrogen (secondary N) is 1. The zero-order valence-electron chi connectivity index (χ0n) is 12.1. The summed E-state index contributed by atoms with van der Waals surface area (Å²) in [5.74, 6) is 0. The van der Waals surface area contributed by atoms with Crippen LogP contribution in [0.4, 0.5) is 0 Å². The number of aromatic nitrogens is 2. The van der Waals surface area contributed by atoms with Crippen LogP contribution in [-0.2, 0) is 13.5 Å². The van der Waals surface area contributed by atoms with Gasteiger partial charge >= 0.3 is 0 Å². The maximum Gasteiger partial charge on any atom is 0.0521 e. The van der Waals surface area contributed by atoms with Crippen molar-refractivity contribution in [2.24, 2.45) is 7.05 Å². The SMILES string of the molecule is CCCNC(CCc1cnn(C)c1)c1ccccc1I. The quantitative estimate of drug-likeness (QED) is 0.739. The molecule has 4 heteroatoms. The van der Waals surface area contributed by atoms with Gasteiger partial charge in [-0.1, -0.05) is 25.1 Å². The van der Waals surface area contributed by atoms with E-state index in [4.69, 9.17) is 0 Å². The molecule has 0 saturated carbocycles. The summed E-state index contributed by atoms with van der Waals surface area (Å²) in [5, 5.41) is 7.91. The smallest absolute Gasteiger partial charge is 0.0521 e. The lowest BCUT2D eigenvalue weighted by atomic mass is 10.00. The van der Waals surface area contributed by atoms with Gasteiger partial charge in [0, 0.05) is 22.9 Å². The lowest BCUT2D eigenvalue weighted by Gasteiger charge is -2.20. The Balaban J connectivity index is 2.05. The average molecular weight is 383 g/mol. The topological polar surface area (TPSA) is 29.9 Å². The first-order chi connectivity index (χ1) is 9.70. The number of halogens is 1. The fourth-order valence-corrected chi connectivity index (χ4v) is 3.12. The van der Waals surface area contributed by atoms with Crippen molar-refractivity contribution in [2.75, 3.05) is 6.54 Å². The van der Waals surface area contributed by atoms with Gasteiger partial charge in [-0.25, -0.2) is 0 Å². The van der Waals surface area contributed by atoms with Crippen LogP contribution in [0.3, 0.4) is 0 Å². The summed E-state index contributed by atoms with van der Waals surface area (Å²) in [7, 11) is 1.97. The van der Waals surface area contributed by atoms with Crippen LogP contribution >= 0.6 is 22.6 Å². The number of hydrogen-bond donors (Lipinski definition) is 1. The van der Waals surface area contributed by atoms with Gasteiger partial charge in [0.15, 0.2) is 0 Å². The molecule has 2 aromatic rings. The van der Waals surface area contributed by atoms with Crippen LogP contribution in [-0.4, -0.2) is 16.3 Å². The van der Waals surface area contributed by atoms with Gasteiger partial charge < -0.3 is 5.32 Å². The molecule has 0 aliphatic heterocycles. The van der Waals surface area contributed by atoms with E-state index in [-0.39, 0.29) is 0 Å². The van der Waals surface area contributed by atoms with Gasteiger partial charge in [0.1, 0.15) is 0 Å². The predicted molar refractivity (Wildman–Crippen MR) is 91.7 cm³/mol. The first-order valence-corrected chi connectivity index (χ1v) is 8.24. The van der Waals surface area contributed by atoms with Gasteiger partial charge in [-0.2, -0.15) is 5.10 Å². The molecule has 1 heterocycles. The molecule has 0 saturated heterocycles. The van der Waals surface area contributed by atoms with E-state index in [2.05, 4.69) is 70.4 Å². The largest absolute Gasteiger partial charge is 0.310 e. The van der Waals surface area contributed by atoms with E-state index in [1.165, 1.54) is 14.7 Å². The molecule has 1 unspecified atom stereocenters. The van der Waals surface area contributed by atoms with Crippen molar-refractivity contribution in [3.63, 3.8) is 0 Å². The van der Waals surface area contributed by atoms with Gasteiger partial charge in [-0.05, 0) is 65.6 Å². The van der Waals surface area contributed by atoms with E-state index in [0.29, 0.717) is 6.04 Å². The van der Waals surface area contributed by atoms with Gasteiger partial charge in [-0.15, -0.1) is 0 Å². The number of benzene rings is 1. The van der Waals surface area contributed by atoms with Crippen molar-refractivity contribution in [2.45, 2.75) is 32.2 Å². The number of hydrogen-bond acceptors (Lipinski definition) is 2. The third kappa shape index (κ3) is 4.31. The lowest BCUT2D eigenvalue weighted by Crippen LogP contribution is -2.23. The molecule has 3 nitrogen and oxygen atoms in total. The van der Waals surface area contributed by atoms with Crippen molar-refractivity contribution < 1.29 is 0 Å². The van der Waals surface area contributed by atoms with Crippen molar-refractivity contribution >= 4 is 22.6 Å². The van der Waals surface area contributed by atoms with Crippen LogP contribution in [0.2, 0.25) is 0 Å².